The van der Waals surface area contributed by atoms with Gasteiger partial charge >= 0.3 is 0 Å². The lowest BCUT2D eigenvalue weighted by Crippen LogP contribution is -2.28. The molecule has 1 N–H and O–H groups in total. The number of halogens is 2. The monoisotopic (exact) mass is 323 g/mol. The van der Waals surface area contributed by atoms with E-state index in [0.717, 1.165) is 6.07 Å². The number of nitrogens with one attached hydrogen (secondary N) is 1. The van der Waals surface area contributed by atoms with E-state index in [1.807, 2.05) is 0 Å². The van der Waals surface area contributed by atoms with Gasteiger partial charge in [-0.05, 0) is 42.5 Å². The molecule has 2 aromatic carbocycles. The van der Waals surface area contributed by atoms with Crippen molar-refractivity contribution in [3.8, 4) is 11.5 Å². The van der Waals surface area contributed by atoms with Crippen LogP contribution in [0.1, 0.15) is 10.4 Å². The highest BCUT2D eigenvalue weighted by molar-refractivity contribution is 6.30. The molecule has 0 atom stereocenters. The van der Waals surface area contributed by atoms with Crippen LogP contribution in [0.5, 0.6) is 11.5 Å². The summed E-state index contributed by atoms with van der Waals surface area (Å²) in [6.45, 7) is 0.598. The molecule has 0 heterocycles. The summed E-state index contributed by atoms with van der Waals surface area (Å²) in [6.07, 6.45) is 0. The van der Waals surface area contributed by atoms with Crippen molar-refractivity contribution in [1.82, 2.24) is 5.32 Å². The molecular weight excluding hydrogens is 309 g/mol. The highest BCUT2D eigenvalue weighted by atomic mass is 35.5. The lowest BCUT2D eigenvalue weighted by molar-refractivity contribution is 0.0946. The maximum atomic E-state index is 13.5. The van der Waals surface area contributed by atoms with Crippen LogP contribution in [-0.4, -0.2) is 26.2 Å². The van der Waals surface area contributed by atoms with E-state index in [1.54, 1.807) is 24.3 Å². The average molecular weight is 324 g/mol. The second-order valence-electron chi connectivity index (χ2n) is 4.41. The second-order valence-corrected chi connectivity index (χ2v) is 4.84. The molecule has 22 heavy (non-hydrogen) atoms. The van der Waals surface area contributed by atoms with E-state index in [4.69, 9.17) is 21.1 Å². The molecule has 0 spiro atoms. The van der Waals surface area contributed by atoms with Crippen molar-refractivity contribution in [2.75, 3.05) is 20.3 Å². The van der Waals surface area contributed by atoms with E-state index < -0.39 is 5.82 Å². The Morgan fingerprint density at radius 3 is 2.59 bits per heavy atom. The number of methoxy groups -OCH3 is 1. The van der Waals surface area contributed by atoms with Gasteiger partial charge in [-0.15, -0.1) is 0 Å². The van der Waals surface area contributed by atoms with Gasteiger partial charge in [-0.3, -0.25) is 4.79 Å². The third-order valence-electron chi connectivity index (χ3n) is 2.88. The Labute approximate surface area is 132 Å². The van der Waals surface area contributed by atoms with Gasteiger partial charge < -0.3 is 14.8 Å². The van der Waals surface area contributed by atoms with Crippen molar-refractivity contribution in [3.63, 3.8) is 0 Å². The Morgan fingerprint density at radius 2 is 1.95 bits per heavy atom. The number of ether oxygens (including phenoxy) is 2. The third-order valence-corrected chi connectivity index (χ3v) is 3.14. The highest BCUT2D eigenvalue weighted by Gasteiger charge is 2.09. The van der Waals surface area contributed by atoms with E-state index >= 15 is 0 Å². The smallest absolute Gasteiger partial charge is 0.251 e. The van der Waals surface area contributed by atoms with Gasteiger partial charge in [0.15, 0.2) is 11.6 Å². The summed E-state index contributed by atoms with van der Waals surface area (Å²) in [4.78, 5) is 11.9. The van der Waals surface area contributed by atoms with Crippen molar-refractivity contribution >= 4 is 17.5 Å². The Hall–Kier alpha value is -2.27. The summed E-state index contributed by atoms with van der Waals surface area (Å²) >= 11 is 5.76. The standard InChI is InChI=1S/C16H15ClFNO3/c1-21-15-7-2-11(10-14(15)18)16(20)19-8-9-22-13-5-3-12(17)4-6-13/h2-7,10H,8-9H2,1H3,(H,19,20). The molecule has 0 saturated carbocycles. The largest absolute Gasteiger partial charge is 0.494 e. The molecule has 0 bridgehead atoms. The van der Waals surface area contributed by atoms with Gasteiger partial charge in [-0.25, -0.2) is 4.39 Å². The zero-order valence-electron chi connectivity index (χ0n) is 11.9. The number of benzene rings is 2. The summed E-state index contributed by atoms with van der Waals surface area (Å²) in [5.41, 5.74) is 0.227. The van der Waals surface area contributed by atoms with Crippen LogP contribution in [0, 0.1) is 5.82 Å². The molecule has 0 radical (unpaired) electrons. The van der Waals surface area contributed by atoms with Gasteiger partial charge in [-0.2, -0.15) is 0 Å². The number of hydrogen-bond acceptors (Lipinski definition) is 3. The second kappa shape index (κ2) is 7.66. The fraction of sp³-hybridized carbons (Fsp3) is 0.188. The van der Waals surface area contributed by atoms with Gasteiger partial charge in [0, 0.05) is 10.6 Å². The van der Waals surface area contributed by atoms with Gasteiger partial charge in [0.2, 0.25) is 0 Å². The van der Waals surface area contributed by atoms with Crippen LogP contribution in [0.25, 0.3) is 0 Å². The van der Waals surface area contributed by atoms with E-state index in [9.17, 15) is 9.18 Å². The molecule has 116 valence electrons. The Morgan fingerprint density at radius 1 is 1.23 bits per heavy atom. The minimum absolute atomic E-state index is 0.0996. The zero-order chi connectivity index (χ0) is 15.9. The van der Waals surface area contributed by atoms with E-state index in [2.05, 4.69) is 5.32 Å². The minimum atomic E-state index is -0.576. The highest BCUT2D eigenvalue weighted by Crippen LogP contribution is 2.17. The number of hydrogen-bond donors (Lipinski definition) is 1. The van der Waals surface area contributed by atoms with E-state index in [-0.39, 0.29) is 17.2 Å². The van der Waals surface area contributed by atoms with Crippen LogP contribution in [0.4, 0.5) is 4.39 Å². The first-order valence-electron chi connectivity index (χ1n) is 6.60. The molecule has 6 heteroatoms. The summed E-state index contributed by atoms with van der Waals surface area (Å²) < 4.78 is 23.8. The molecule has 2 rings (SSSR count). The summed E-state index contributed by atoms with van der Waals surface area (Å²) in [7, 11) is 1.37. The Kier molecular flexibility index (Phi) is 5.61. The van der Waals surface area contributed by atoms with Crippen molar-refractivity contribution in [2.24, 2.45) is 0 Å². The molecular formula is C16H15ClFNO3. The lowest BCUT2D eigenvalue weighted by atomic mass is 10.2. The summed E-state index contributed by atoms with van der Waals surface area (Å²) in [5, 5.41) is 3.27. The molecule has 0 aromatic heterocycles. The average Bonchev–Trinajstić information content (AvgIpc) is 2.53. The number of carbonyl (C=O) groups excluding carboxylic acids is 1. The van der Waals surface area contributed by atoms with Crippen LogP contribution >= 0.6 is 11.6 Å². The molecule has 0 aliphatic rings. The first kappa shape index (κ1) is 16.1. The molecule has 0 aliphatic heterocycles. The van der Waals surface area contributed by atoms with Crippen LogP contribution in [0.15, 0.2) is 42.5 Å². The molecule has 0 fully saturated rings. The fourth-order valence-electron chi connectivity index (χ4n) is 1.77. The maximum Gasteiger partial charge on any atom is 0.251 e. The van der Waals surface area contributed by atoms with Gasteiger partial charge in [0.05, 0.1) is 13.7 Å². The van der Waals surface area contributed by atoms with Gasteiger partial charge in [0.1, 0.15) is 12.4 Å². The van der Waals surface area contributed by atoms with Crippen LogP contribution in [0.3, 0.4) is 0 Å². The van der Waals surface area contributed by atoms with Crippen LogP contribution < -0.4 is 14.8 Å². The fourth-order valence-corrected chi connectivity index (χ4v) is 1.90. The maximum absolute atomic E-state index is 13.5. The molecule has 1 amide bonds. The predicted octanol–water partition coefficient (Wildman–Crippen LogP) is 3.30. The van der Waals surface area contributed by atoms with Crippen molar-refractivity contribution in [3.05, 3.63) is 58.9 Å². The summed E-state index contributed by atoms with van der Waals surface area (Å²) in [6, 6.07) is 11.0. The number of carbonyl (C=O) groups is 1. The first-order valence-corrected chi connectivity index (χ1v) is 6.98. The third kappa shape index (κ3) is 4.36. The molecule has 0 saturated heterocycles. The van der Waals surface area contributed by atoms with Crippen LogP contribution in [0.2, 0.25) is 5.02 Å². The molecule has 0 aliphatic carbocycles. The zero-order valence-corrected chi connectivity index (χ0v) is 12.7. The molecule has 2 aromatic rings. The molecule has 4 nitrogen and oxygen atoms in total. The Balaban J connectivity index is 1.80. The quantitative estimate of drug-likeness (QED) is 0.830. The van der Waals surface area contributed by atoms with Gasteiger partial charge in [-0.1, -0.05) is 11.6 Å². The minimum Gasteiger partial charge on any atom is -0.494 e. The lowest BCUT2D eigenvalue weighted by Gasteiger charge is -2.08. The van der Waals surface area contributed by atoms with Crippen LogP contribution in [-0.2, 0) is 0 Å². The predicted molar refractivity (Wildman–Crippen MR) is 82.2 cm³/mol. The Bertz CT molecular complexity index is 646. The van der Waals surface area contributed by atoms with Crippen molar-refractivity contribution < 1.29 is 18.7 Å². The summed E-state index contributed by atoms with van der Waals surface area (Å²) in [5.74, 6) is -0.189. The van der Waals surface area contributed by atoms with Crippen molar-refractivity contribution in [1.29, 1.82) is 0 Å². The topological polar surface area (TPSA) is 47.6 Å². The van der Waals surface area contributed by atoms with Gasteiger partial charge in [0.25, 0.3) is 5.91 Å². The normalized spacial score (nSPS) is 10.1. The van der Waals surface area contributed by atoms with E-state index in [1.165, 1.54) is 19.2 Å². The van der Waals surface area contributed by atoms with Crippen molar-refractivity contribution in [2.45, 2.75) is 0 Å². The SMILES string of the molecule is COc1ccc(C(=O)NCCOc2ccc(Cl)cc2)cc1F. The number of rotatable bonds is 6. The first-order chi connectivity index (χ1) is 10.6. The van der Waals surface area contributed by atoms with E-state index in [0.29, 0.717) is 23.9 Å². The molecule has 0 unspecified atom stereocenters. The number of amides is 1.